The maximum atomic E-state index is 14.7. The molecule has 224 valence electrons. The minimum absolute atomic E-state index is 0.110. The highest BCUT2D eigenvalue weighted by Crippen LogP contribution is 2.58. The van der Waals surface area contributed by atoms with Crippen molar-refractivity contribution in [2.24, 2.45) is 17.8 Å². The summed E-state index contributed by atoms with van der Waals surface area (Å²) in [4.78, 5) is 46.2. The van der Waals surface area contributed by atoms with Crippen LogP contribution in [0.4, 0.5) is 0 Å². The second-order valence-corrected chi connectivity index (χ2v) is 12.1. The fourth-order valence-corrected chi connectivity index (χ4v) is 7.31. The molecule has 11 nitrogen and oxygen atoms in total. The Morgan fingerprint density at radius 3 is 2.64 bits per heavy atom. The number of esters is 1. The Bertz CT molecular complexity index is 1440. The summed E-state index contributed by atoms with van der Waals surface area (Å²) < 4.78 is 14.4. The van der Waals surface area contributed by atoms with E-state index in [9.17, 15) is 19.5 Å². The van der Waals surface area contributed by atoms with E-state index in [0.717, 1.165) is 24.8 Å². The highest BCUT2D eigenvalue weighted by Gasteiger charge is 2.76. The summed E-state index contributed by atoms with van der Waals surface area (Å²) in [5.74, 6) is -3.27. The number of nitrogens with zero attached hydrogens (tertiary/aromatic N) is 5. The molecule has 0 radical (unpaired) electrons. The summed E-state index contributed by atoms with van der Waals surface area (Å²) in [5.41, 5.74) is -1.05. The molecule has 0 saturated carbocycles. The van der Waals surface area contributed by atoms with Crippen molar-refractivity contribution in [2.75, 3.05) is 19.8 Å². The maximum Gasteiger partial charge on any atom is 0.313 e. The van der Waals surface area contributed by atoms with Gasteiger partial charge in [0.15, 0.2) is 0 Å². The van der Waals surface area contributed by atoms with Crippen molar-refractivity contribution in [3.63, 3.8) is 0 Å². The van der Waals surface area contributed by atoms with Crippen molar-refractivity contribution in [3.8, 4) is 0 Å². The van der Waals surface area contributed by atoms with Gasteiger partial charge in [-0.25, -0.2) is 4.68 Å². The number of benzene rings is 1. The largest absolute Gasteiger partial charge is 0.465 e. The molecule has 11 heteroatoms. The topological polar surface area (TPSA) is 127 Å². The summed E-state index contributed by atoms with van der Waals surface area (Å²) in [6.07, 6.45) is 10.4. The standard InChI is InChI=1S/C31H39N5O6/c1-4-30-14-9-5-6-10-17-41-29(40)25(30)24-27(38)36(23(18-37)20(2)3)26-28(39)34(16-11-15-31(24,26)42-30)19-35-22-13-8-7-12-21(22)32-33-35/h7-9,11-15,20,23-26,37H,4-6,10,16-19H2,1-3H3/b14-9-/t23-,24-,25-,26?,30+,31-/m0/s1. The molecule has 1 N–H and O–H groups in total. The highest BCUT2D eigenvalue weighted by atomic mass is 16.6. The maximum absolute atomic E-state index is 14.7. The third-order valence-corrected chi connectivity index (χ3v) is 9.44. The number of rotatable bonds is 6. The molecule has 4 aliphatic rings. The molecule has 1 aromatic heterocycles. The molecule has 42 heavy (non-hydrogen) atoms. The van der Waals surface area contributed by atoms with Gasteiger partial charge in [0.1, 0.15) is 35.3 Å². The number of carbonyl (C=O) groups is 3. The zero-order valence-corrected chi connectivity index (χ0v) is 24.4. The Labute approximate surface area is 245 Å². The van der Waals surface area contributed by atoms with E-state index in [1.165, 1.54) is 4.90 Å². The molecule has 0 aliphatic carbocycles. The smallest absolute Gasteiger partial charge is 0.313 e. The van der Waals surface area contributed by atoms with Crippen LogP contribution in [0.1, 0.15) is 46.5 Å². The first kappa shape index (κ1) is 28.5. The normalized spacial score (nSPS) is 32.9. The summed E-state index contributed by atoms with van der Waals surface area (Å²) in [5, 5.41) is 19.0. The number of aromatic nitrogens is 3. The monoisotopic (exact) mass is 577 g/mol. The van der Waals surface area contributed by atoms with Crippen LogP contribution in [-0.2, 0) is 30.5 Å². The van der Waals surface area contributed by atoms with E-state index in [2.05, 4.69) is 10.3 Å². The number of aliphatic hydroxyl groups excluding tert-OH is 1. The summed E-state index contributed by atoms with van der Waals surface area (Å²) in [7, 11) is 0. The average molecular weight is 578 g/mol. The van der Waals surface area contributed by atoms with Gasteiger partial charge >= 0.3 is 5.97 Å². The number of carbonyl (C=O) groups excluding carboxylic acids is 3. The summed E-state index contributed by atoms with van der Waals surface area (Å²) >= 11 is 0. The van der Waals surface area contributed by atoms with Crippen LogP contribution in [0.15, 0.2) is 48.6 Å². The second kappa shape index (κ2) is 10.9. The lowest BCUT2D eigenvalue weighted by atomic mass is 9.73. The van der Waals surface area contributed by atoms with Gasteiger partial charge in [-0.3, -0.25) is 14.4 Å². The van der Waals surface area contributed by atoms with Crippen molar-refractivity contribution < 1.29 is 29.0 Å². The third kappa shape index (κ3) is 4.27. The number of likely N-dealkylation sites (tertiary alicyclic amines) is 1. The first-order chi connectivity index (χ1) is 20.3. The number of fused-ring (bicyclic) bond motifs is 3. The van der Waals surface area contributed by atoms with Gasteiger partial charge in [-0.15, -0.1) is 5.10 Å². The van der Waals surface area contributed by atoms with Crippen LogP contribution >= 0.6 is 0 Å². The average Bonchev–Trinajstić information content (AvgIpc) is 3.55. The number of hydrogen-bond acceptors (Lipinski definition) is 8. The number of ether oxygens (including phenoxy) is 2. The highest BCUT2D eigenvalue weighted by molar-refractivity contribution is 5.99. The van der Waals surface area contributed by atoms with Gasteiger partial charge in [0.05, 0.1) is 30.7 Å². The molecule has 2 fully saturated rings. The van der Waals surface area contributed by atoms with E-state index >= 15 is 0 Å². The molecule has 2 saturated heterocycles. The van der Waals surface area contributed by atoms with E-state index in [1.54, 1.807) is 9.58 Å². The first-order valence-corrected chi connectivity index (χ1v) is 15.0. The van der Waals surface area contributed by atoms with Crippen LogP contribution in [0.3, 0.4) is 0 Å². The van der Waals surface area contributed by atoms with Gasteiger partial charge in [0.2, 0.25) is 5.91 Å². The zero-order valence-electron chi connectivity index (χ0n) is 24.4. The van der Waals surface area contributed by atoms with Crippen LogP contribution in [0.5, 0.6) is 0 Å². The Balaban J connectivity index is 1.48. The van der Waals surface area contributed by atoms with Crippen LogP contribution in [0.2, 0.25) is 0 Å². The molecule has 1 spiro atoms. The van der Waals surface area contributed by atoms with E-state index in [-0.39, 0.29) is 44.2 Å². The minimum Gasteiger partial charge on any atom is -0.465 e. The van der Waals surface area contributed by atoms with Crippen LogP contribution in [-0.4, -0.2) is 90.7 Å². The summed E-state index contributed by atoms with van der Waals surface area (Å²) in [6.45, 7) is 6.04. The van der Waals surface area contributed by atoms with Crippen LogP contribution < -0.4 is 0 Å². The molecule has 0 bridgehead atoms. The predicted molar refractivity (Wildman–Crippen MR) is 152 cm³/mol. The van der Waals surface area contributed by atoms with Gasteiger partial charge in [-0.05, 0) is 43.7 Å². The first-order valence-electron chi connectivity index (χ1n) is 15.0. The van der Waals surface area contributed by atoms with Gasteiger partial charge in [0.25, 0.3) is 5.91 Å². The number of para-hydroxylation sites is 1. The molecule has 2 amide bonds. The molecule has 1 unspecified atom stereocenters. The van der Waals surface area contributed by atoms with Crippen molar-refractivity contribution in [1.29, 1.82) is 0 Å². The number of aliphatic hydroxyl groups is 1. The van der Waals surface area contributed by atoms with Crippen molar-refractivity contribution in [2.45, 2.75) is 76.4 Å². The van der Waals surface area contributed by atoms with Crippen LogP contribution in [0.25, 0.3) is 11.0 Å². The SMILES string of the molecule is CC[C@@]12/C=C\CCCCOC(=O)[C@@H]1[C@H]1C(=O)N([C@@H](CO)C(C)C)C3C(=O)N(Cn4nnc5ccccc54)CC=C[C@@]31O2. The van der Waals surface area contributed by atoms with Crippen molar-refractivity contribution in [1.82, 2.24) is 24.8 Å². The quantitative estimate of drug-likeness (QED) is 0.410. The van der Waals surface area contributed by atoms with Crippen molar-refractivity contribution in [3.05, 3.63) is 48.6 Å². The fraction of sp³-hybridized carbons (Fsp3) is 0.581. The number of allylic oxidation sites excluding steroid dienone is 1. The molecule has 4 aliphatic heterocycles. The molecular weight excluding hydrogens is 538 g/mol. The number of cyclic esters (lactones) is 1. The Morgan fingerprint density at radius 2 is 1.88 bits per heavy atom. The summed E-state index contributed by atoms with van der Waals surface area (Å²) in [6, 6.07) is 5.77. The van der Waals surface area contributed by atoms with E-state index < -0.39 is 41.1 Å². The van der Waals surface area contributed by atoms with Gasteiger partial charge in [-0.1, -0.05) is 62.4 Å². The Morgan fingerprint density at radius 1 is 1.07 bits per heavy atom. The molecule has 1 aromatic carbocycles. The second-order valence-electron chi connectivity index (χ2n) is 12.1. The van der Waals surface area contributed by atoms with E-state index in [1.807, 2.05) is 69.3 Å². The Kier molecular flexibility index (Phi) is 7.43. The van der Waals surface area contributed by atoms with Gasteiger partial charge < -0.3 is 24.4 Å². The zero-order chi connectivity index (χ0) is 29.6. The van der Waals surface area contributed by atoms with Crippen molar-refractivity contribution >= 4 is 28.8 Å². The number of hydrogen-bond donors (Lipinski definition) is 1. The molecule has 6 rings (SSSR count). The van der Waals surface area contributed by atoms with E-state index in [0.29, 0.717) is 11.9 Å². The lowest BCUT2D eigenvalue weighted by molar-refractivity contribution is -0.164. The molecule has 6 atom stereocenters. The lowest BCUT2D eigenvalue weighted by Gasteiger charge is -2.41. The van der Waals surface area contributed by atoms with Gasteiger partial charge in [0, 0.05) is 6.54 Å². The Hall–Kier alpha value is -3.57. The van der Waals surface area contributed by atoms with E-state index in [4.69, 9.17) is 9.47 Å². The predicted octanol–water partition coefficient (Wildman–Crippen LogP) is 2.45. The molecular formula is C31H39N5O6. The van der Waals surface area contributed by atoms with Gasteiger partial charge in [-0.2, -0.15) is 0 Å². The molecule has 2 aromatic rings. The number of amides is 2. The minimum atomic E-state index is -1.42. The molecule has 5 heterocycles. The lowest BCUT2D eigenvalue weighted by Crippen LogP contribution is -2.59. The fourth-order valence-electron chi connectivity index (χ4n) is 7.31. The van der Waals surface area contributed by atoms with Crippen LogP contribution in [0, 0.1) is 17.8 Å². The third-order valence-electron chi connectivity index (χ3n) is 9.44.